The van der Waals surface area contributed by atoms with Crippen molar-refractivity contribution in [3.8, 4) is 0 Å². The van der Waals surface area contributed by atoms with Crippen LogP contribution in [0.15, 0.2) is 24.3 Å². The second kappa shape index (κ2) is 5.52. The van der Waals surface area contributed by atoms with Gasteiger partial charge in [-0.2, -0.15) is 0 Å². The highest BCUT2D eigenvalue weighted by atomic mass is 19.1. The van der Waals surface area contributed by atoms with Crippen LogP contribution in [0.3, 0.4) is 0 Å². The molecular weight excluding hydrogens is 255 g/mol. The van der Waals surface area contributed by atoms with Crippen LogP contribution in [0, 0.1) is 5.82 Å². The molecule has 1 saturated carbocycles. The topological polar surface area (TPSA) is 32.3 Å². The maximum Gasteiger partial charge on any atom is 0.241 e. The minimum Gasteiger partial charge on any atom is -0.319 e. The van der Waals surface area contributed by atoms with Gasteiger partial charge >= 0.3 is 0 Å². The molecule has 4 heteroatoms. The average Bonchev–Trinajstić information content (AvgIpc) is 3.07. The lowest BCUT2D eigenvalue weighted by Crippen LogP contribution is -2.38. The number of rotatable bonds is 3. The highest BCUT2D eigenvalue weighted by Gasteiger charge is 2.42. The van der Waals surface area contributed by atoms with Crippen LogP contribution in [0.5, 0.6) is 0 Å². The van der Waals surface area contributed by atoms with Gasteiger partial charge in [0.1, 0.15) is 12.0 Å². The summed E-state index contributed by atoms with van der Waals surface area (Å²) in [4.78, 5) is 14.6. The van der Waals surface area contributed by atoms with Crippen molar-refractivity contribution in [1.82, 2.24) is 10.2 Å². The molecule has 3 nitrogen and oxygen atoms in total. The van der Waals surface area contributed by atoms with Crippen molar-refractivity contribution in [3.05, 3.63) is 35.6 Å². The molecule has 1 aliphatic carbocycles. The normalized spacial score (nSPS) is 27.5. The van der Waals surface area contributed by atoms with E-state index in [0.717, 1.165) is 24.8 Å². The first-order valence-electron chi connectivity index (χ1n) is 7.54. The number of hydrogen-bond acceptors (Lipinski definition) is 2. The van der Waals surface area contributed by atoms with E-state index in [4.69, 9.17) is 0 Å². The Labute approximate surface area is 119 Å². The van der Waals surface area contributed by atoms with E-state index in [1.807, 2.05) is 11.8 Å². The predicted octanol–water partition coefficient (Wildman–Crippen LogP) is 2.98. The Balaban J connectivity index is 1.89. The molecule has 1 aromatic carbocycles. The molecule has 3 rings (SSSR count). The summed E-state index contributed by atoms with van der Waals surface area (Å²) < 4.78 is 13.1. The SMILES string of the molecule is CCC1NC(c2ccc(F)cc2)N(C2CCCC2)C1=O. The number of carbonyl (C=O) groups excluding carboxylic acids is 1. The molecule has 0 spiro atoms. The highest BCUT2D eigenvalue weighted by Crippen LogP contribution is 2.34. The Hall–Kier alpha value is -1.42. The summed E-state index contributed by atoms with van der Waals surface area (Å²) >= 11 is 0. The molecule has 1 aliphatic heterocycles. The Morgan fingerprint density at radius 3 is 2.50 bits per heavy atom. The Bertz CT molecular complexity index is 482. The number of nitrogens with zero attached hydrogens (tertiary/aromatic N) is 1. The summed E-state index contributed by atoms with van der Waals surface area (Å²) in [6.07, 6.45) is 5.25. The monoisotopic (exact) mass is 276 g/mol. The van der Waals surface area contributed by atoms with Gasteiger partial charge in [-0.1, -0.05) is 31.9 Å². The fourth-order valence-corrected chi connectivity index (χ4v) is 3.42. The second-order valence-corrected chi connectivity index (χ2v) is 5.77. The summed E-state index contributed by atoms with van der Waals surface area (Å²) in [5.74, 6) is -0.0359. The van der Waals surface area contributed by atoms with E-state index >= 15 is 0 Å². The van der Waals surface area contributed by atoms with E-state index in [0.29, 0.717) is 6.04 Å². The number of carbonyl (C=O) groups is 1. The molecule has 0 bridgehead atoms. The summed E-state index contributed by atoms with van der Waals surface area (Å²) in [5, 5.41) is 3.41. The molecule has 1 aromatic rings. The molecule has 108 valence electrons. The third-order valence-corrected chi connectivity index (χ3v) is 4.50. The van der Waals surface area contributed by atoms with E-state index in [1.165, 1.54) is 25.0 Å². The summed E-state index contributed by atoms with van der Waals surface area (Å²) in [6, 6.07) is 6.72. The zero-order valence-electron chi connectivity index (χ0n) is 11.8. The number of nitrogens with one attached hydrogen (secondary N) is 1. The van der Waals surface area contributed by atoms with Crippen LogP contribution in [0.4, 0.5) is 4.39 Å². The molecular formula is C16H21FN2O. The molecule has 20 heavy (non-hydrogen) atoms. The van der Waals surface area contributed by atoms with Crippen molar-refractivity contribution in [2.75, 3.05) is 0 Å². The van der Waals surface area contributed by atoms with E-state index < -0.39 is 0 Å². The van der Waals surface area contributed by atoms with Gasteiger partial charge in [0.25, 0.3) is 0 Å². The number of amides is 1. The number of halogens is 1. The van der Waals surface area contributed by atoms with Gasteiger partial charge in [0, 0.05) is 6.04 Å². The lowest BCUT2D eigenvalue weighted by Gasteiger charge is -2.30. The van der Waals surface area contributed by atoms with Crippen LogP contribution in [0.2, 0.25) is 0 Å². The molecule has 2 atom stereocenters. The molecule has 1 N–H and O–H groups in total. The van der Waals surface area contributed by atoms with Gasteiger partial charge in [-0.15, -0.1) is 0 Å². The van der Waals surface area contributed by atoms with Crippen molar-refractivity contribution in [2.24, 2.45) is 0 Å². The molecule has 0 aromatic heterocycles. The van der Waals surface area contributed by atoms with Gasteiger partial charge in [-0.05, 0) is 37.0 Å². The first kappa shape index (κ1) is 13.6. The van der Waals surface area contributed by atoms with Crippen molar-refractivity contribution >= 4 is 5.91 Å². The van der Waals surface area contributed by atoms with Crippen LogP contribution in [0.1, 0.15) is 50.8 Å². The number of benzene rings is 1. The first-order chi connectivity index (χ1) is 9.70. The third-order valence-electron chi connectivity index (χ3n) is 4.50. The van der Waals surface area contributed by atoms with Crippen LogP contribution >= 0.6 is 0 Å². The maximum atomic E-state index is 13.1. The van der Waals surface area contributed by atoms with E-state index in [9.17, 15) is 9.18 Å². The lowest BCUT2D eigenvalue weighted by molar-refractivity contribution is -0.132. The van der Waals surface area contributed by atoms with Crippen LogP contribution in [0.25, 0.3) is 0 Å². The maximum absolute atomic E-state index is 13.1. The molecule has 1 amide bonds. The van der Waals surface area contributed by atoms with Gasteiger partial charge in [0.2, 0.25) is 5.91 Å². The van der Waals surface area contributed by atoms with E-state index in [-0.39, 0.29) is 23.9 Å². The third kappa shape index (κ3) is 2.33. The largest absolute Gasteiger partial charge is 0.319 e. The summed E-state index contributed by atoms with van der Waals surface area (Å²) in [5.41, 5.74) is 0.975. The Morgan fingerprint density at radius 1 is 1.25 bits per heavy atom. The summed E-state index contributed by atoms with van der Waals surface area (Å²) in [7, 11) is 0. The zero-order chi connectivity index (χ0) is 14.1. The van der Waals surface area contributed by atoms with Gasteiger partial charge in [-0.25, -0.2) is 4.39 Å². The fourth-order valence-electron chi connectivity index (χ4n) is 3.42. The van der Waals surface area contributed by atoms with Crippen molar-refractivity contribution < 1.29 is 9.18 Å². The average molecular weight is 276 g/mol. The van der Waals surface area contributed by atoms with Crippen molar-refractivity contribution in [1.29, 1.82) is 0 Å². The molecule has 0 radical (unpaired) electrons. The molecule has 2 unspecified atom stereocenters. The molecule has 2 fully saturated rings. The Morgan fingerprint density at radius 2 is 1.90 bits per heavy atom. The van der Waals surface area contributed by atoms with E-state index in [1.54, 1.807) is 12.1 Å². The predicted molar refractivity (Wildman–Crippen MR) is 75.5 cm³/mol. The van der Waals surface area contributed by atoms with Gasteiger partial charge < -0.3 is 4.90 Å². The van der Waals surface area contributed by atoms with Gasteiger partial charge in [-0.3, -0.25) is 10.1 Å². The first-order valence-corrected chi connectivity index (χ1v) is 7.54. The quantitative estimate of drug-likeness (QED) is 0.920. The summed E-state index contributed by atoms with van der Waals surface area (Å²) in [6.45, 7) is 2.02. The van der Waals surface area contributed by atoms with Gasteiger partial charge in [0.15, 0.2) is 0 Å². The van der Waals surface area contributed by atoms with Crippen LogP contribution in [-0.4, -0.2) is 22.9 Å². The molecule has 1 heterocycles. The van der Waals surface area contributed by atoms with Gasteiger partial charge in [0.05, 0.1) is 6.04 Å². The molecule has 2 aliphatic rings. The minimum atomic E-state index is -0.238. The second-order valence-electron chi connectivity index (χ2n) is 5.77. The fraction of sp³-hybridized carbons (Fsp3) is 0.562. The minimum absolute atomic E-state index is 0.101. The molecule has 1 saturated heterocycles. The number of hydrogen-bond donors (Lipinski definition) is 1. The van der Waals surface area contributed by atoms with E-state index in [2.05, 4.69) is 5.32 Å². The van der Waals surface area contributed by atoms with Crippen LogP contribution < -0.4 is 5.32 Å². The lowest BCUT2D eigenvalue weighted by atomic mass is 10.1. The highest BCUT2D eigenvalue weighted by molar-refractivity contribution is 5.84. The smallest absolute Gasteiger partial charge is 0.241 e. The van der Waals surface area contributed by atoms with Crippen LogP contribution in [-0.2, 0) is 4.79 Å². The standard InChI is InChI=1S/C16H21FN2O/c1-2-14-16(20)19(13-5-3-4-6-13)15(18-14)11-7-9-12(17)10-8-11/h7-10,13-15,18H,2-6H2,1H3. The van der Waals surface area contributed by atoms with Crippen molar-refractivity contribution in [2.45, 2.75) is 57.3 Å². The van der Waals surface area contributed by atoms with Crippen molar-refractivity contribution in [3.63, 3.8) is 0 Å². The Kier molecular flexibility index (Phi) is 3.74. The zero-order valence-corrected chi connectivity index (χ0v) is 11.8.